The molecule has 0 aromatic carbocycles. The van der Waals surface area contributed by atoms with E-state index in [1.165, 1.54) is 25.7 Å². The van der Waals surface area contributed by atoms with Crippen molar-refractivity contribution in [3.63, 3.8) is 0 Å². The first-order valence-corrected chi connectivity index (χ1v) is 11.1. The van der Waals surface area contributed by atoms with E-state index in [-0.39, 0.29) is 23.4 Å². The zero-order valence-corrected chi connectivity index (χ0v) is 19.1. The van der Waals surface area contributed by atoms with Gasteiger partial charge in [0, 0.05) is 0 Å². The van der Waals surface area contributed by atoms with Crippen LogP contribution in [0, 0.1) is 17.3 Å². The summed E-state index contributed by atoms with van der Waals surface area (Å²) in [7, 11) is 0. The Bertz CT molecular complexity index is 390. The topological polar surface area (TPSA) is 36.9 Å². The highest BCUT2D eigenvalue weighted by atomic mass is 17.2. The van der Waals surface area contributed by atoms with E-state index in [0.717, 1.165) is 37.5 Å². The molecular weight excluding hydrogens is 340 g/mol. The van der Waals surface area contributed by atoms with E-state index >= 15 is 0 Å². The minimum absolute atomic E-state index is 0.229. The van der Waals surface area contributed by atoms with Crippen LogP contribution in [0.2, 0.25) is 0 Å². The molecule has 0 spiro atoms. The maximum Gasteiger partial charge on any atom is 0.0952 e. The number of rotatable bonds is 6. The van der Waals surface area contributed by atoms with Crippen LogP contribution in [0.25, 0.3) is 0 Å². The van der Waals surface area contributed by atoms with Crippen molar-refractivity contribution in [2.45, 2.75) is 130 Å². The maximum absolute atomic E-state index is 5.69. The molecule has 0 radical (unpaired) electrons. The fourth-order valence-corrected chi connectivity index (χ4v) is 4.56. The van der Waals surface area contributed by atoms with Crippen LogP contribution in [0.1, 0.15) is 107 Å². The molecule has 2 aliphatic carbocycles. The minimum Gasteiger partial charge on any atom is -0.233 e. The van der Waals surface area contributed by atoms with Gasteiger partial charge in [-0.1, -0.05) is 13.8 Å². The Balaban J connectivity index is 1.75. The molecule has 0 amide bonds. The van der Waals surface area contributed by atoms with Gasteiger partial charge in [0.2, 0.25) is 0 Å². The summed E-state index contributed by atoms with van der Waals surface area (Å²) in [6.45, 7) is 17.2. The van der Waals surface area contributed by atoms with Crippen LogP contribution in [0.15, 0.2) is 0 Å². The summed E-state index contributed by atoms with van der Waals surface area (Å²) in [4.78, 5) is 22.5. The van der Waals surface area contributed by atoms with Crippen molar-refractivity contribution in [1.29, 1.82) is 0 Å². The fraction of sp³-hybridized carbons (Fsp3) is 1.00. The van der Waals surface area contributed by atoms with Crippen molar-refractivity contribution in [1.82, 2.24) is 0 Å². The molecule has 0 aromatic heterocycles. The summed E-state index contributed by atoms with van der Waals surface area (Å²) in [5.74, 6) is 1.56. The standard InChI is InChI=1S/C23H44O4/c1-21(2,3)26-24-19-13-9-17(10-14-19)23(7,8)18-11-15-20(16-12-18)25-27-22(4,5)6/h17-20H,9-16H2,1-8H3. The van der Waals surface area contributed by atoms with E-state index in [0.29, 0.717) is 5.41 Å². The second kappa shape index (κ2) is 9.11. The van der Waals surface area contributed by atoms with Crippen molar-refractivity contribution in [2.75, 3.05) is 0 Å². The molecule has 0 saturated heterocycles. The third kappa shape index (κ3) is 7.64. The van der Waals surface area contributed by atoms with Gasteiger partial charge >= 0.3 is 0 Å². The first-order chi connectivity index (χ1) is 12.4. The fourth-order valence-electron chi connectivity index (χ4n) is 4.56. The predicted molar refractivity (Wildman–Crippen MR) is 109 cm³/mol. The van der Waals surface area contributed by atoms with Gasteiger partial charge < -0.3 is 0 Å². The molecule has 2 saturated carbocycles. The molecule has 4 heteroatoms. The van der Waals surface area contributed by atoms with Crippen LogP contribution < -0.4 is 0 Å². The van der Waals surface area contributed by atoms with Gasteiger partial charge in [0.1, 0.15) is 0 Å². The molecule has 4 nitrogen and oxygen atoms in total. The molecule has 0 aliphatic heterocycles. The van der Waals surface area contributed by atoms with Gasteiger partial charge in [-0.2, -0.15) is 0 Å². The van der Waals surface area contributed by atoms with Gasteiger partial charge in [-0.15, -0.1) is 0 Å². The Labute approximate surface area is 167 Å². The Morgan fingerprint density at radius 3 is 1.04 bits per heavy atom. The summed E-state index contributed by atoms with van der Waals surface area (Å²) in [5, 5.41) is 0. The van der Waals surface area contributed by atoms with Crippen LogP contribution in [0.4, 0.5) is 0 Å². The summed E-state index contributed by atoms with van der Waals surface area (Å²) < 4.78 is 0. The SMILES string of the molecule is CC(C)(C)OOC1CCC(C(C)(C)C2CCC(OOC(C)(C)C)CC2)CC1. The molecule has 0 N–H and O–H groups in total. The normalized spacial score (nSPS) is 31.1. The summed E-state index contributed by atoms with van der Waals surface area (Å²) in [5.41, 5.74) is -0.0766. The van der Waals surface area contributed by atoms with Gasteiger partial charge in [0.05, 0.1) is 23.4 Å². The van der Waals surface area contributed by atoms with Crippen LogP contribution in [-0.4, -0.2) is 23.4 Å². The molecule has 0 heterocycles. The Morgan fingerprint density at radius 1 is 0.481 bits per heavy atom. The summed E-state index contributed by atoms with van der Waals surface area (Å²) in [6.07, 6.45) is 9.95. The zero-order valence-electron chi connectivity index (χ0n) is 19.1. The molecule has 160 valence electrons. The van der Waals surface area contributed by atoms with Crippen LogP contribution >= 0.6 is 0 Å². The van der Waals surface area contributed by atoms with Crippen LogP contribution in [-0.2, 0) is 19.6 Å². The minimum atomic E-state index is -0.229. The van der Waals surface area contributed by atoms with Gasteiger partial charge in [0.15, 0.2) is 0 Å². The lowest BCUT2D eigenvalue weighted by Gasteiger charge is -2.46. The summed E-state index contributed by atoms with van der Waals surface area (Å²) in [6, 6.07) is 0. The van der Waals surface area contributed by atoms with Crippen molar-refractivity contribution in [3.05, 3.63) is 0 Å². The smallest absolute Gasteiger partial charge is 0.0952 e. The first kappa shape index (κ1) is 23.1. The lowest BCUT2D eigenvalue weighted by molar-refractivity contribution is -0.378. The second-order valence-corrected chi connectivity index (χ2v) is 11.4. The van der Waals surface area contributed by atoms with E-state index in [4.69, 9.17) is 19.6 Å². The Kier molecular flexibility index (Phi) is 7.80. The quantitative estimate of drug-likeness (QED) is 0.381. The van der Waals surface area contributed by atoms with Gasteiger partial charge in [0.25, 0.3) is 0 Å². The Morgan fingerprint density at radius 2 is 0.778 bits per heavy atom. The third-order valence-corrected chi connectivity index (χ3v) is 6.32. The average molecular weight is 385 g/mol. The molecule has 0 aromatic rings. The van der Waals surface area contributed by atoms with E-state index < -0.39 is 0 Å². The molecule has 2 rings (SSSR count). The largest absolute Gasteiger partial charge is 0.233 e. The highest BCUT2D eigenvalue weighted by Crippen LogP contribution is 2.49. The van der Waals surface area contributed by atoms with Crippen molar-refractivity contribution in [2.24, 2.45) is 17.3 Å². The lowest BCUT2D eigenvalue weighted by Crippen LogP contribution is -2.39. The number of hydrogen-bond donors (Lipinski definition) is 0. The monoisotopic (exact) mass is 384 g/mol. The highest BCUT2D eigenvalue weighted by molar-refractivity contribution is 4.90. The van der Waals surface area contributed by atoms with Crippen LogP contribution in [0.5, 0.6) is 0 Å². The molecule has 0 bridgehead atoms. The molecule has 0 atom stereocenters. The summed E-state index contributed by atoms with van der Waals surface area (Å²) >= 11 is 0. The lowest BCUT2D eigenvalue weighted by atomic mass is 9.60. The maximum atomic E-state index is 5.69. The molecule has 27 heavy (non-hydrogen) atoms. The Hall–Kier alpha value is -0.160. The van der Waals surface area contributed by atoms with Crippen LogP contribution in [0.3, 0.4) is 0 Å². The van der Waals surface area contributed by atoms with E-state index in [9.17, 15) is 0 Å². The molecule has 2 aliphatic rings. The van der Waals surface area contributed by atoms with E-state index in [1.807, 2.05) is 41.5 Å². The second-order valence-electron chi connectivity index (χ2n) is 11.4. The molecular formula is C23H44O4. The zero-order chi connectivity index (χ0) is 20.3. The highest BCUT2D eigenvalue weighted by Gasteiger charge is 2.41. The average Bonchev–Trinajstić information content (AvgIpc) is 2.58. The van der Waals surface area contributed by atoms with E-state index in [1.54, 1.807) is 0 Å². The van der Waals surface area contributed by atoms with E-state index in [2.05, 4.69) is 13.8 Å². The molecule has 2 fully saturated rings. The van der Waals surface area contributed by atoms with Crippen molar-refractivity contribution < 1.29 is 19.6 Å². The third-order valence-electron chi connectivity index (χ3n) is 6.32. The van der Waals surface area contributed by atoms with Gasteiger partial charge in [-0.05, 0) is 110 Å². The predicted octanol–water partition coefficient (Wildman–Crippen LogP) is 6.62. The van der Waals surface area contributed by atoms with Crippen molar-refractivity contribution in [3.8, 4) is 0 Å². The molecule has 0 unspecified atom stereocenters. The van der Waals surface area contributed by atoms with Gasteiger partial charge in [-0.3, -0.25) is 0 Å². The first-order valence-electron chi connectivity index (χ1n) is 11.1. The van der Waals surface area contributed by atoms with Crippen molar-refractivity contribution >= 4 is 0 Å². The number of hydrogen-bond acceptors (Lipinski definition) is 4. The van der Waals surface area contributed by atoms with Gasteiger partial charge in [-0.25, -0.2) is 19.6 Å².